The predicted molar refractivity (Wildman–Crippen MR) is 47.6 cm³/mol. The molecule has 1 atom stereocenters. The molecule has 1 saturated heterocycles. The lowest BCUT2D eigenvalue weighted by molar-refractivity contribution is 0.212. The van der Waals surface area contributed by atoms with Crippen LogP contribution < -0.4 is 5.31 Å². The van der Waals surface area contributed by atoms with Gasteiger partial charge in [-0.05, 0) is 31.6 Å². The second kappa shape index (κ2) is 2.78. The van der Waals surface area contributed by atoms with Crippen LogP contribution in [0.5, 0.6) is 0 Å². The maximum Gasteiger partial charge on any atom is 0.122 e. The minimum atomic E-state index is 0.220. The standard InChI is InChI=1S/C10H19N/c1-9-7-10(8-11-9)5-3-2-4-6-10/h9,11H,2-8H2,1H3/t9-/m1/s1/i1D/hD. The van der Waals surface area contributed by atoms with E-state index in [4.69, 9.17) is 2.78 Å². The first-order chi connectivity index (χ1) is 6.26. The molecule has 0 aromatic rings. The van der Waals surface area contributed by atoms with Gasteiger partial charge in [0, 0.05) is 14.0 Å². The third-order valence-electron chi connectivity index (χ3n) is 3.27. The Bertz CT molecular complexity index is 178. The summed E-state index contributed by atoms with van der Waals surface area (Å²) in [6, 6.07) is 0.220. The fraction of sp³-hybridized carbons (Fsp3) is 1.00. The Hall–Kier alpha value is -0.0400. The molecule has 0 bridgehead atoms. The van der Waals surface area contributed by atoms with Crippen LogP contribution in [-0.4, -0.2) is 12.6 Å². The smallest absolute Gasteiger partial charge is 0.122 e. The van der Waals surface area contributed by atoms with Crippen molar-refractivity contribution in [3.63, 3.8) is 0 Å². The Morgan fingerprint density at radius 3 is 2.91 bits per heavy atom. The highest BCUT2D eigenvalue weighted by Gasteiger charge is 2.37. The molecule has 0 radical (unpaired) electrons. The monoisotopic (exact) mass is 155 g/mol. The molecule has 1 heterocycles. The molecule has 64 valence electrons. The Kier molecular flexibility index (Phi) is 1.41. The summed E-state index contributed by atoms with van der Waals surface area (Å²) >= 11 is 0. The molecular formula is C10H19N. The van der Waals surface area contributed by atoms with Crippen molar-refractivity contribution >= 4 is 0 Å². The molecule has 1 aliphatic carbocycles. The average molecular weight is 155 g/mol. The van der Waals surface area contributed by atoms with Crippen LogP contribution in [0.4, 0.5) is 0 Å². The lowest BCUT2D eigenvalue weighted by Crippen LogP contribution is -2.26. The van der Waals surface area contributed by atoms with Crippen LogP contribution in [0, 0.1) is 5.41 Å². The first-order valence-electron chi connectivity index (χ1n) is 5.96. The molecule has 0 amide bonds. The van der Waals surface area contributed by atoms with Crippen LogP contribution in [0.15, 0.2) is 0 Å². The molecule has 0 aromatic carbocycles. The fourth-order valence-corrected chi connectivity index (χ4v) is 2.62. The zero-order chi connectivity index (χ0) is 9.31. The van der Waals surface area contributed by atoms with Crippen molar-refractivity contribution < 1.29 is 2.78 Å². The van der Waals surface area contributed by atoms with Gasteiger partial charge in [-0.15, -0.1) is 0 Å². The van der Waals surface area contributed by atoms with Crippen LogP contribution >= 0.6 is 0 Å². The summed E-state index contributed by atoms with van der Waals surface area (Å²) in [6.45, 7) is 1.34. The van der Waals surface area contributed by atoms with Gasteiger partial charge in [-0.1, -0.05) is 19.3 Å². The van der Waals surface area contributed by atoms with E-state index in [1.54, 1.807) is 5.31 Å². The van der Waals surface area contributed by atoms with Gasteiger partial charge in [-0.2, -0.15) is 0 Å². The molecule has 0 aromatic heterocycles. The van der Waals surface area contributed by atoms with Gasteiger partial charge in [0.2, 0.25) is 0 Å². The summed E-state index contributed by atoms with van der Waals surface area (Å²) in [5.41, 5.74) is 0.436. The quantitative estimate of drug-likeness (QED) is 0.566. The van der Waals surface area contributed by atoms with Crippen molar-refractivity contribution in [3.05, 3.63) is 0 Å². The average Bonchev–Trinajstić information content (AvgIpc) is 2.44. The molecular weight excluding hydrogens is 134 g/mol. The number of hydrogen-bond acceptors (Lipinski definition) is 1. The van der Waals surface area contributed by atoms with E-state index < -0.39 is 0 Å². The highest BCUT2D eigenvalue weighted by atomic mass is 15.0. The lowest BCUT2D eigenvalue weighted by atomic mass is 9.73. The first kappa shape index (κ1) is 5.58. The normalized spacial score (nSPS) is 40.5. The molecule has 2 rings (SSSR count). The minimum absolute atomic E-state index is 0.220. The van der Waals surface area contributed by atoms with Crippen molar-refractivity contribution in [2.45, 2.75) is 51.5 Å². The summed E-state index contributed by atoms with van der Waals surface area (Å²) in [5.74, 6) is 0. The highest BCUT2D eigenvalue weighted by molar-refractivity contribution is 4.93. The first-order valence-corrected chi connectivity index (χ1v) is 4.81. The maximum atomic E-state index is 7.76. The van der Waals surface area contributed by atoms with Crippen molar-refractivity contribution in [2.24, 2.45) is 5.41 Å². The SMILES string of the molecule is [2H]C[C@@H]1CC2(CCCCC2)CN1[2H]. The third kappa shape index (κ3) is 1.44. The molecule has 1 N–H and O–H groups in total. The summed E-state index contributed by atoms with van der Waals surface area (Å²) in [6.07, 6.45) is 7.79. The fourth-order valence-electron chi connectivity index (χ4n) is 2.62. The molecule has 0 unspecified atom stereocenters. The summed E-state index contributed by atoms with van der Waals surface area (Å²) in [5, 5.41) is 1.66. The molecule has 1 heteroatoms. The summed E-state index contributed by atoms with van der Waals surface area (Å²) < 4.78 is 15.1. The van der Waals surface area contributed by atoms with Gasteiger partial charge in [-0.25, -0.2) is 0 Å². The van der Waals surface area contributed by atoms with E-state index in [1.165, 1.54) is 32.1 Å². The van der Waals surface area contributed by atoms with Crippen LogP contribution in [-0.2, 0) is 0 Å². The van der Waals surface area contributed by atoms with Crippen molar-refractivity contribution in [3.8, 4) is 0 Å². The van der Waals surface area contributed by atoms with E-state index in [9.17, 15) is 0 Å². The van der Waals surface area contributed by atoms with E-state index >= 15 is 0 Å². The van der Waals surface area contributed by atoms with Gasteiger partial charge in [0.15, 0.2) is 0 Å². The molecule has 1 spiro atoms. The maximum absolute atomic E-state index is 7.76. The van der Waals surface area contributed by atoms with Gasteiger partial charge >= 0.3 is 0 Å². The number of nitrogens with one attached hydrogen (secondary N) is 1. The summed E-state index contributed by atoms with van der Waals surface area (Å²) in [4.78, 5) is 0. The van der Waals surface area contributed by atoms with E-state index in [-0.39, 0.29) is 6.04 Å². The minimum Gasteiger partial charge on any atom is -0.314 e. The van der Waals surface area contributed by atoms with Crippen molar-refractivity contribution in [1.82, 2.24) is 5.31 Å². The van der Waals surface area contributed by atoms with Crippen LogP contribution in [0.1, 0.15) is 46.8 Å². The van der Waals surface area contributed by atoms with Crippen LogP contribution in [0.2, 0.25) is 1.41 Å². The number of hydrogen-bond donors (Lipinski definition) is 1. The zero-order valence-corrected chi connectivity index (χ0v) is 7.18. The van der Waals surface area contributed by atoms with Gasteiger partial charge in [-0.3, -0.25) is 0 Å². The Balaban J connectivity index is 2.01. The Morgan fingerprint density at radius 2 is 2.27 bits per heavy atom. The van der Waals surface area contributed by atoms with E-state index in [1.807, 2.05) is 0 Å². The van der Waals surface area contributed by atoms with Crippen LogP contribution in [0.3, 0.4) is 0 Å². The largest absolute Gasteiger partial charge is 0.314 e. The molecule has 11 heavy (non-hydrogen) atoms. The summed E-state index contributed by atoms with van der Waals surface area (Å²) in [7, 11) is 0. The van der Waals surface area contributed by atoms with Gasteiger partial charge < -0.3 is 5.31 Å². The molecule has 2 aliphatic rings. The Labute approximate surface area is 72.4 Å². The molecule has 1 nitrogen and oxygen atoms in total. The predicted octanol–water partition coefficient (Wildman–Crippen LogP) is 2.32. The van der Waals surface area contributed by atoms with E-state index in [2.05, 4.69) is 0 Å². The van der Waals surface area contributed by atoms with Crippen LogP contribution in [0.25, 0.3) is 0 Å². The van der Waals surface area contributed by atoms with Crippen molar-refractivity contribution in [1.29, 1.82) is 0 Å². The van der Waals surface area contributed by atoms with Gasteiger partial charge in [0.1, 0.15) is 1.41 Å². The van der Waals surface area contributed by atoms with Gasteiger partial charge in [0.05, 0.1) is 0 Å². The molecule has 1 saturated carbocycles. The second-order valence-electron chi connectivity index (χ2n) is 4.26. The second-order valence-corrected chi connectivity index (χ2v) is 4.26. The topological polar surface area (TPSA) is 12.0 Å². The molecule has 2 fully saturated rings. The molecule has 1 aliphatic heterocycles. The van der Waals surface area contributed by atoms with E-state index in [0.29, 0.717) is 12.3 Å². The van der Waals surface area contributed by atoms with Gasteiger partial charge in [0.25, 0.3) is 0 Å². The van der Waals surface area contributed by atoms with Crippen molar-refractivity contribution in [2.75, 3.05) is 6.54 Å². The zero-order valence-electron chi connectivity index (χ0n) is 9.18. The number of rotatable bonds is 0. The lowest BCUT2D eigenvalue weighted by Gasteiger charge is -2.32. The van der Waals surface area contributed by atoms with E-state index in [0.717, 1.165) is 13.0 Å². The highest BCUT2D eigenvalue weighted by Crippen LogP contribution is 2.42. The third-order valence-corrected chi connectivity index (χ3v) is 3.27. The Morgan fingerprint density at radius 1 is 1.45 bits per heavy atom.